The van der Waals surface area contributed by atoms with E-state index in [1.54, 1.807) is 6.07 Å². The summed E-state index contributed by atoms with van der Waals surface area (Å²) in [7, 11) is 0. The SMILES string of the molecule is Cc1ccc(Cl)c(COCCOCCCCCCNCCc2ccc(O)c(CO)c2)c1Cl. The minimum absolute atomic E-state index is 0.138. The first-order valence-electron chi connectivity index (χ1n) is 11.2. The van der Waals surface area contributed by atoms with Gasteiger partial charge in [-0.3, -0.25) is 0 Å². The van der Waals surface area contributed by atoms with Crippen LogP contribution < -0.4 is 5.32 Å². The van der Waals surface area contributed by atoms with Crippen LogP contribution >= 0.6 is 23.2 Å². The quantitative estimate of drug-likeness (QED) is 0.278. The fraction of sp³-hybridized carbons (Fsp3) is 0.520. The first-order chi connectivity index (χ1) is 15.5. The van der Waals surface area contributed by atoms with Gasteiger partial charge in [0.2, 0.25) is 0 Å². The zero-order valence-corrected chi connectivity index (χ0v) is 20.4. The fourth-order valence-electron chi connectivity index (χ4n) is 3.33. The van der Waals surface area contributed by atoms with Crippen molar-refractivity contribution in [3.8, 4) is 5.75 Å². The van der Waals surface area contributed by atoms with Crippen LogP contribution in [-0.4, -0.2) is 43.1 Å². The Kier molecular flexibility index (Phi) is 13.0. The number of phenols is 1. The van der Waals surface area contributed by atoms with Crippen molar-refractivity contribution in [2.45, 2.75) is 52.2 Å². The van der Waals surface area contributed by atoms with Gasteiger partial charge in [0.15, 0.2) is 0 Å². The third kappa shape index (κ3) is 9.65. The first kappa shape index (κ1) is 26.9. The summed E-state index contributed by atoms with van der Waals surface area (Å²) in [6, 6.07) is 9.14. The van der Waals surface area contributed by atoms with Crippen LogP contribution in [0.15, 0.2) is 30.3 Å². The molecule has 32 heavy (non-hydrogen) atoms. The molecule has 5 nitrogen and oxygen atoms in total. The van der Waals surface area contributed by atoms with E-state index in [0.717, 1.165) is 62.1 Å². The Hall–Kier alpha value is -1.34. The van der Waals surface area contributed by atoms with Gasteiger partial charge in [0.25, 0.3) is 0 Å². The van der Waals surface area contributed by atoms with Crippen LogP contribution in [0.3, 0.4) is 0 Å². The van der Waals surface area contributed by atoms with E-state index in [1.807, 2.05) is 31.2 Å². The van der Waals surface area contributed by atoms with Crippen LogP contribution in [0.5, 0.6) is 5.75 Å². The molecular formula is C25H35Cl2NO4. The molecule has 0 aliphatic carbocycles. The minimum atomic E-state index is -0.138. The van der Waals surface area contributed by atoms with Crippen molar-refractivity contribution in [1.29, 1.82) is 0 Å². The van der Waals surface area contributed by atoms with Gasteiger partial charge < -0.3 is 25.0 Å². The highest BCUT2D eigenvalue weighted by atomic mass is 35.5. The lowest BCUT2D eigenvalue weighted by atomic mass is 10.1. The minimum Gasteiger partial charge on any atom is -0.508 e. The maximum absolute atomic E-state index is 9.59. The number of ether oxygens (including phenoxy) is 2. The Balaban J connectivity index is 1.39. The molecular weight excluding hydrogens is 449 g/mol. The van der Waals surface area contributed by atoms with Gasteiger partial charge in [-0.1, -0.05) is 48.2 Å². The molecule has 0 saturated heterocycles. The molecule has 0 saturated carbocycles. The molecule has 2 aromatic carbocycles. The Labute approximate surface area is 201 Å². The molecule has 2 rings (SSSR count). The summed E-state index contributed by atoms with van der Waals surface area (Å²) < 4.78 is 11.3. The van der Waals surface area contributed by atoms with Crippen molar-refractivity contribution in [2.24, 2.45) is 0 Å². The van der Waals surface area contributed by atoms with Crippen LogP contribution in [0.25, 0.3) is 0 Å². The van der Waals surface area contributed by atoms with Crippen LogP contribution in [0.2, 0.25) is 10.0 Å². The Bertz CT molecular complexity index is 817. The first-order valence-corrected chi connectivity index (χ1v) is 12.0. The lowest BCUT2D eigenvalue weighted by Gasteiger charge is -2.10. The van der Waals surface area contributed by atoms with E-state index in [9.17, 15) is 10.2 Å². The second-order valence-electron chi connectivity index (χ2n) is 7.86. The van der Waals surface area contributed by atoms with Gasteiger partial charge in [0, 0.05) is 22.8 Å². The van der Waals surface area contributed by atoms with E-state index >= 15 is 0 Å². The second kappa shape index (κ2) is 15.5. The predicted molar refractivity (Wildman–Crippen MR) is 131 cm³/mol. The van der Waals surface area contributed by atoms with E-state index in [4.69, 9.17) is 32.7 Å². The van der Waals surface area contributed by atoms with Gasteiger partial charge in [-0.15, -0.1) is 0 Å². The molecule has 0 spiro atoms. The summed E-state index contributed by atoms with van der Waals surface area (Å²) in [5.74, 6) is 0.151. The van der Waals surface area contributed by atoms with Crippen LogP contribution in [0.1, 0.15) is 47.9 Å². The van der Waals surface area contributed by atoms with E-state index in [1.165, 1.54) is 6.42 Å². The molecule has 178 valence electrons. The zero-order valence-electron chi connectivity index (χ0n) is 18.8. The number of aryl methyl sites for hydroxylation is 1. The van der Waals surface area contributed by atoms with Crippen molar-refractivity contribution in [3.63, 3.8) is 0 Å². The summed E-state index contributed by atoms with van der Waals surface area (Å²) in [4.78, 5) is 0. The lowest BCUT2D eigenvalue weighted by Crippen LogP contribution is -2.18. The van der Waals surface area contributed by atoms with Crippen molar-refractivity contribution in [3.05, 3.63) is 62.6 Å². The molecule has 0 aliphatic heterocycles. The number of nitrogens with one attached hydrogen (secondary N) is 1. The molecule has 0 unspecified atom stereocenters. The number of hydrogen-bond donors (Lipinski definition) is 3. The van der Waals surface area contributed by atoms with Gasteiger partial charge >= 0.3 is 0 Å². The van der Waals surface area contributed by atoms with Crippen molar-refractivity contribution >= 4 is 23.2 Å². The number of rotatable bonds is 16. The number of aliphatic hydroxyl groups excluding tert-OH is 1. The van der Waals surface area contributed by atoms with Gasteiger partial charge in [-0.25, -0.2) is 0 Å². The molecule has 0 atom stereocenters. The molecule has 0 heterocycles. The smallest absolute Gasteiger partial charge is 0.121 e. The molecule has 2 aromatic rings. The monoisotopic (exact) mass is 483 g/mol. The molecule has 7 heteroatoms. The number of aromatic hydroxyl groups is 1. The number of aliphatic hydroxyl groups is 1. The standard InChI is InChI=1S/C25H35Cl2NO4/c1-19-6-8-23(26)22(25(19)27)18-32-15-14-31-13-5-3-2-4-11-28-12-10-20-7-9-24(30)21(16-20)17-29/h6-9,16,28-30H,2-5,10-15,17-18H2,1H3. The number of hydrogen-bond acceptors (Lipinski definition) is 5. The van der Waals surface area contributed by atoms with E-state index < -0.39 is 0 Å². The van der Waals surface area contributed by atoms with Crippen molar-refractivity contribution in [1.82, 2.24) is 5.32 Å². The summed E-state index contributed by atoms with van der Waals surface area (Å²) in [6.07, 6.45) is 5.39. The molecule has 3 N–H and O–H groups in total. The third-order valence-corrected chi connectivity index (χ3v) is 6.17. The number of halogens is 2. The Morgan fingerprint density at radius 2 is 1.69 bits per heavy atom. The maximum atomic E-state index is 9.59. The Morgan fingerprint density at radius 3 is 2.50 bits per heavy atom. The summed E-state index contributed by atoms with van der Waals surface area (Å²) in [5.41, 5.74) is 3.52. The summed E-state index contributed by atoms with van der Waals surface area (Å²) in [5, 5.41) is 23.5. The van der Waals surface area contributed by atoms with Gasteiger partial charge in [0.05, 0.1) is 31.5 Å². The lowest BCUT2D eigenvalue weighted by molar-refractivity contribution is 0.0393. The normalized spacial score (nSPS) is 11.2. The third-order valence-electron chi connectivity index (χ3n) is 5.29. The molecule has 0 bridgehead atoms. The fourth-order valence-corrected chi connectivity index (χ4v) is 3.81. The largest absolute Gasteiger partial charge is 0.508 e. The molecule has 0 aromatic heterocycles. The second-order valence-corrected chi connectivity index (χ2v) is 8.64. The van der Waals surface area contributed by atoms with Gasteiger partial charge in [-0.2, -0.15) is 0 Å². The van der Waals surface area contributed by atoms with Crippen molar-refractivity contribution in [2.75, 3.05) is 32.9 Å². The average Bonchev–Trinajstić information content (AvgIpc) is 2.79. The molecule has 0 radical (unpaired) electrons. The molecule has 0 fully saturated rings. The number of benzene rings is 2. The van der Waals surface area contributed by atoms with E-state index in [-0.39, 0.29) is 12.4 Å². The highest BCUT2D eigenvalue weighted by Gasteiger charge is 2.08. The summed E-state index contributed by atoms with van der Waals surface area (Å²) in [6.45, 7) is 5.92. The number of unbranched alkanes of at least 4 members (excludes halogenated alkanes) is 3. The van der Waals surface area contributed by atoms with Gasteiger partial charge in [-0.05, 0) is 68.6 Å². The topological polar surface area (TPSA) is 71.0 Å². The zero-order chi connectivity index (χ0) is 23.2. The van der Waals surface area contributed by atoms with Gasteiger partial charge in [0.1, 0.15) is 5.75 Å². The molecule has 0 amide bonds. The van der Waals surface area contributed by atoms with E-state index in [0.29, 0.717) is 35.4 Å². The Morgan fingerprint density at radius 1 is 0.906 bits per heavy atom. The van der Waals surface area contributed by atoms with Crippen molar-refractivity contribution < 1.29 is 19.7 Å². The molecule has 0 aliphatic rings. The maximum Gasteiger partial charge on any atom is 0.121 e. The highest BCUT2D eigenvalue weighted by molar-refractivity contribution is 6.36. The summed E-state index contributed by atoms with van der Waals surface area (Å²) >= 11 is 12.5. The van der Waals surface area contributed by atoms with E-state index in [2.05, 4.69) is 5.32 Å². The van der Waals surface area contributed by atoms with Crippen LogP contribution in [0.4, 0.5) is 0 Å². The van der Waals surface area contributed by atoms with Crippen LogP contribution in [-0.2, 0) is 29.1 Å². The predicted octanol–water partition coefficient (Wildman–Crippen LogP) is 5.43. The highest BCUT2D eigenvalue weighted by Crippen LogP contribution is 2.28. The average molecular weight is 484 g/mol. The van der Waals surface area contributed by atoms with Crippen LogP contribution in [0, 0.1) is 6.92 Å².